The van der Waals surface area contributed by atoms with E-state index in [1.807, 2.05) is 0 Å². The van der Waals surface area contributed by atoms with Crippen LogP contribution in [0.2, 0.25) is 0 Å². The summed E-state index contributed by atoms with van der Waals surface area (Å²) in [5, 5.41) is 10.3. The molecule has 1 nitrogen and oxygen atoms in total. The number of hydrogen-bond acceptors (Lipinski definition) is 1. The van der Waals surface area contributed by atoms with E-state index < -0.39 is 12.0 Å². The molecule has 0 aliphatic heterocycles. The lowest BCUT2D eigenvalue weighted by Crippen LogP contribution is -2.52. The van der Waals surface area contributed by atoms with Crippen LogP contribution in [-0.4, -0.2) is 17.1 Å². The van der Waals surface area contributed by atoms with Gasteiger partial charge in [-0.15, -0.1) is 0 Å². The van der Waals surface area contributed by atoms with Gasteiger partial charge in [0.2, 0.25) is 0 Å². The van der Waals surface area contributed by atoms with Crippen molar-refractivity contribution in [1.29, 1.82) is 0 Å². The lowest BCUT2D eigenvalue weighted by atomic mass is 9.48. The summed E-state index contributed by atoms with van der Waals surface area (Å²) in [6, 6.07) is 0. The quantitative estimate of drug-likeness (QED) is 0.620. The maximum absolute atomic E-state index is 13.3. The molecule has 8 atom stereocenters. The third-order valence-corrected chi connectivity index (χ3v) is 9.05. The van der Waals surface area contributed by atoms with Gasteiger partial charge in [-0.2, -0.15) is 0 Å². The van der Waals surface area contributed by atoms with E-state index in [4.69, 9.17) is 0 Å². The van der Waals surface area contributed by atoms with Crippen molar-refractivity contribution in [1.82, 2.24) is 0 Å². The third-order valence-electron chi connectivity index (χ3n) is 9.05. The van der Waals surface area contributed by atoms with E-state index in [1.165, 1.54) is 37.7 Å². The fourth-order valence-electron chi connectivity index (χ4n) is 7.92. The van der Waals surface area contributed by atoms with E-state index in [-0.39, 0.29) is 0 Å². The molecule has 4 aliphatic rings. The molecule has 0 bridgehead atoms. The molecule has 0 amide bonds. The van der Waals surface area contributed by atoms with Crippen LogP contribution < -0.4 is 0 Å². The van der Waals surface area contributed by atoms with Gasteiger partial charge in [-0.25, -0.2) is 8.78 Å². The Bertz CT molecular complexity index is 546. The van der Waals surface area contributed by atoms with Crippen molar-refractivity contribution < 1.29 is 13.9 Å². The standard InChI is InChI=1S/C22H34F2O/c1-13(2)18-6-7-19-17-5-4-14-12-22(25,20(23)24)11-9-15(14)16(17)8-10-21(18,19)3/h14-20,25H,1,4-12H2,2-3H3/t14-,15-,16+,17+,18+,19-,21+,22+/m0/s1. The molecule has 0 aromatic carbocycles. The first-order chi connectivity index (χ1) is 11.8. The second kappa shape index (κ2) is 6.04. The van der Waals surface area contributed by atoms with E-state index in [1.54, 1.807) is 0 Å². The summed E-state index contributed by atoms with van der Waals surface area (Å²) in [7, 11) is 0. The second-order valence-corrected chi connectivity index (χ2v) is 10.1. The van der Waals surface area contributed by atoms with Crippen molar-refractivity contribution in [3.63, 3.8) is 0 Å². The van der Waals surface area contributed by atoms with Gasteiger partial charge in [0.25, 0.3) is 6.43 Å². The summed E-state index contributed by atoms with van der Waals surface area (Å²) in [4.78, 5) is 0. The molecule has 0 aromatic heterocycles. The zero-order valence-electron chi connectivity index (χ0n) is 15.8. The number of aliphatic hydroxyl groups is 1. The Morgan fingerprint density at radius 3 is 2.40 bits per heavy atom. The van der Waals surface area contributed by atoms with Crippen LogP contribution in [0.1, 0.15) is 71.6 Å². The Kier molecular flexibility index (Phi) is 4.34. The molecule has 142 valence electrons. The van der Waals surface area contributed by atoms with E-state index in [9.17, 15) is 13.9 Å². The molecule has 4 aliphatic carbocycles. The van der Waals surface area contributed by atoms with Gasteiger partial charge in [-0.05, 0) is 106 Å². The van der Waals surface area contributed by atoms with Crippen molar-refractivity contribution in [2.24, 2.45) is 40.9 Å². The molecule has 25 heavy (non-hydrogen) atoms. The minimum absolute atomic E-state index is 0.297. The van der Waals surface area contributed by atoms with Crippen molar-refractivity contribution in [2.75, 3.05) is 0 Å². The molecule has 0 unspecified atom stereocenters. The molecular weight excluding hydrogens is 318 g/mol. The summed E-state index contributed by atoms with van der Waals surface area (Å²) in [5.74, 6) is 3.85. The van der Waals surface area contributed by atoms with E-state index in [2.05, 4.69) is 20.4 Å². The predicted octanol–water partition coefficient (Wildman–Crippen LogP) is 5.83. The van der Waals surface area contributed by atoms with Crippen molar-refractivity contribution in [2.45, 2.75) is 83.7 Å². The number of allylic oxidation sites excluding steroid dienone is 1. The maximum Gasteiger partial charge on any atom is 0.266 e. The molecule has 0 saturated heterocycles. The Morgan fingerprint density at radius 1 is 1.00 bits per heavy atom. The zero-order chi connectivity index (χ0) is 18.0. The first-order valence-electron chi connectivity index (χ1n) is 10.4. The number of hydrogen-bond donors (Lipinski definition) is 1. The molecule has 3 heteroatoms. The van der Waals surface area contributed by atoms with Crippen LogP contribution in [0, 0.1) is 40.9 Å². The average molecular weight is 353 g/mol. The van der Waals surface area contributed by atoms with Gasteiger partial charge in [-0.1, -0.05) is 19.1 Å². The predicted molar refractivity (Wildman–Crippen MR) is 96.4 cm³/mol. The number of fused-ring (bicyclic) bond motifs is 5. The molecule has 0 heterocycles. The smallest absolute Gasteiger partial charge is 0.266 e. The highest BCUT2D eigenvalue weighted by Gasteiger charge is 2.58. The van der Waals surface area contributed by atoms with E-state index in [0.717, 1.165) is 24.7 Å². The van der Waals surface area contributed by atoms with Crippen molar-refractivity contribution in [3.05, 3.63) is 12.2 Å². The molecule has 4 fully saturated rings. The van der Waals surface area contributed by atoms with Crippen LogP contribution in [-0.2, 0) is 0 Å². The van der Waals surface area contributed by atoms with Crippen LogP contribution in [0.5, 0.6) is 0 Å². The fourth-order valence-corrected chi connectivity index (χ4v) is 7.92. The summed E-state index contributed by atoms with van der Waals surface area (Å²) >= 11 is 0. The largest absolute Gasteiger partial charge is 0.384 e. The number of rotatable bonds is 2. The first kappa shape index (κ1) is 17.9. The maximum atomic E-state index is 13.3. The number of halogens is 2. The minimum atomic E-state index is -2.59. The van der Waals surface area contributed by atoms with Gasteiger partial charge in [-0.3, -0.25) is 0 Å². The van der Waals surface area contributed by atoms with Crippen molar-refractivity contribution in [3.8, 4) is 0 Å². The topological polar surface area (TPSA) is 20.2 Å². The summed E-state index contributed by atoms with van der Waals surface area (Å²) < 4.78 is 26.6. The van der Waals surface area contributed by atoms with E-state index in [0.29, 0.717) is 41.9 Å². The third kappa shape index (κ3) is 2.63. The summed E-state index contributed by atoms with van der Waals surface area (Å²) in [5.41, 5.74) is 0.0603. The lowest BCUT2D eigenvalue weighted by Gasteiger charge is -2.57. The molecule has 1 N–H and O–H groups in total. The highest BCUT2D eigenvalue weighted by atomic mass is 19.3. The molecule has 0 radical (unpaired) electrons. The van der Waals surface area contributed by atoms with Gasteiger partial charge >= 0.3 is 0 Å². The van der Waals surface area contributed by atoms with Gasteiger partial charge in [0.05, 0.1) is 0 Å². The van der Waals surface area contributed by atoms with Crippen molar-refractivity contribution >= 4 is 0 Å². The minimum Gasteiger partial charge on any atom is -0.384 e. The van der Waals surface area contributed by atoms with Gasteiger partial charge < -0.3 is 5.11 Å². The Morgan fingerprint density at radius 2 is 1.72 bits per heavy atom. The van der Waals surface area contributed by atoms with Gasteiger partial charge in [0.1, 0.15) is 5.60 Å². The van der Waals surface area contributed by atoms with Crippen LogP contribution >= 0.6 is 0 Å². The molecule has 0 spiro atoms. The normalized spacial score (nSPS) is 52.4. The first-order valence-corrected chi connectivity index (χ1v) is 10.4. The Labute approximate surface area is 151 Å². The second-order valence-electron chi connectivity index (χ2n) is 10.1. The highest BCUT2D eigenvalue weighted by molar-refractivity contribution is 5.14. The summed E-state index contributed by atoms with van der Waals surface area (Å²) in [6.45, 7) is 8.98. The molecule has 4 saturated carbocycles. The lowest BCUT2D eigenvalue weighted by molar-refractivity contribution is -0.158. The summed E-state index contributed by atoms with van der Waals surface area (Å²) in [6.07, 6.45) is 6.23. The average Bonchev–Trinajstić information content (AvgIpc) is 2.91. The monoisotopic (exact) mass is 352 g/mol. The molecule has 0 aromatic rings. The fraction of sp³-hybridized carbons (Fsp3) is 0.909. The van der Waals surface area contributed by atoms with Crippen LogP contribution in [0.4, 0.5) is 8.78 Å². The molecular formula is C22H34F2O. The molecule has 4 rings (SSSR count). The Balaban J connectivity index is 1.53. The van der Waals surface area contributed by atoms with Gasteiger partial charge in [0.15, 0.2) is 0 Å². The SMILES string of the molecule is C=C(C)[C@H]1CC[C@H]2[C@@H]3CC[C@H]4C[C@@](O)(C(F)F)CC[C@@H]4[C@H]3CC[C@]12C. The van der Waals surface area contributed by atoms with Crippen LogP contribution in [0.3, 0.4) is 0 Å². The van der Waals surface area contributed by atoms with Crippen LogP contribution in [0.25, 0.3) is 0 Å². The zero-order valence-corrected chi connectivity index (χ0v) is 15.8. The number of alkyl halides is 2. The van der Waals surface area contributed by atoms with Gasteiger partial charge in [0, 0.05) is 0 Å². The highest BCUT2D eigenvalue weighted by Crippen LogP contribution is 2.65. The van der Waals surface area contributed by atoms with Crippen LogP contribution in [0.15, 0.2) is 12.2 Å². The Hall–Kier alpha value is -0.440. The van der Waals surface area contributed by atoms with E-state index >= 15 is 0 Å².